The topological polar surface area (TPSA) is 101 Å². The van der Waals surface area contributed by atoms with E-state index in [1.54, 1.807) is 12.1 Å². The molecule has 1 aliphatic rings. The second kappa shape index (κ2) is 8.55. The van der Waals surface area contributed by atoms with E-state index in [0.29, 0.717) is 30.3 Å². The predicted molar refractivity (Wildman–Crippen MR) is 105 cm³/mol. The summed E-state index contributed by atoms with van der Waals surface area (Å²) in [4.78, 5) is 12.8. The van der Waals surface area contributed by atoms with Crippen LogP contribution in [0.2, 0.25) is 0 Å². The summed E-state index contributed by atoms with van der Waals surface area (Å²) in [6.07, 6.45) is 1.09. The van der Waals surface area contributed by atoms with E-state index in [-0.39, 0.29) is 10.8 Å². The van der Waals surface area contributed by atoms with Crippen LogP contribution in [-0.4, -0.2) is 54.3 Å². The molecule has 1 aromatic heterocycles. The first-order chi connectivity index (χ1) is 13.0. The van der Waals surface area contributed by atoms with Crippen LogP contribution in [0.5, 0.6) is 5.75 Å². The number of benzene rings is 1. The highest BCUT2D eigenvalue weighted by molar-refractivity contribution is 8.01. The molecule has 27 heavy (non-hydrogen) atoms. The molecule has 2 aromatic rings. The van der Waals surface area contributed by atoms with E-state index < -0.39 is 16.1 Å². The Morgan fingerprint density at radius 1 is 1.37 bits per heavy atom. The van der Waals surface area contributed by atoms with Gasteiger partial charge in [0.05, 0.1) is 12.0 Å². The number of carbonyl (C=O) groups excluding carboxylic acids is 1. The molecule has 0 unspecified atom stereocenters. The molecule has 0 saturated carbocycles. The van der Waals surface area contributed by atoms with Crippen LogP contribution in [0.1, 0.15) is 19.8 Å². The fourth-order valence-electron chi connectivity index (χ4n) is 2.80. The molecule has 11 heteroatoms. The lowest BCUT2D eigenvalue weighted by Crippen LogP contribution is -2.43. The van der Waals surface area contributed by atoms with E-state index >= 15 is 0 Å². The van der Waals surface area contributed by atoms with E-state index in [1.165, 1.54) is 46.6 Å². The van der Waals surface area contributed by atoms with Crippen LogP contribution in [0.4, 0.5) is 5.13 Å². The number of rotatable bonds is 7. The number of aromatic nitrogens is 2. The Hall–Kier alpha value is -1.69. The summed E-state index contributed by atoms with van der Waals surface area (Å²) >= 11 is 2.82. The highest BCUT2D eigenvalue weighted by Crippen LogP contribution is 2.29. The van der Waals surface area contributed by atoms with Gasteiger partial charge < -0.3 is 4.74 Å². The summed E-state index contributed by atoms with van der Waals surface area (Å²) in [5.74, 6) is 1.05. The molecule has 1 N–H and O–H groups in total. The van der Waals surface area contributed by atoms with Crippen molar-refractivity contribution in [3.8, 4) is 5.75 Å². The quantitative estimate of drug-likeness (QED) is 0.534. The highest BCUT2D eigenvalue weighted by atomic mass is 32.2. The first-order valence-electron chi connectivity index (χ1n) is 8.38. The van der Waals surface area contributed by atoms with E-state index in [4.69, 9.17) is 4.74 Å². The molecule has 1 amide bonds. The number of hydrogen-bond donors (Lipinski definition) is 1. The monoisotopic (exact) mass is 428 g/mol. The van der Waals surface area contributed by atoms with Crippen molar-refractivity contribution in [1.82, 2.24) is 14.5 Å². The molecule has 0 spiro atoms. The van der Waals surface area contributed by atoms with Crippen LogP contribution in [0.3, 0.4) is 0 Å². The van der Waals surface area contributed by atoms with Crippen molar-refractivity contribution < 1.29 is 17.9 Å². The van der Waals surface area contributed by atoms with Crippen LogP contribution < -0.4 is 10.1 Å². The van der Waals surface area contributed by atoms with Gasteiger partial charge in [0.2, 0.25) is 21.1 Å². The Kier molecular flexibility index (Phi) is 6.35. The Morgan fingerprint density at radius 3 is 2.78 bits per heavy atom. The minimum absolute atomic E-state index is 0.139. The second-order valence-electron chi connectivity index (χ2n) is 5.74. The maximum atomic E-state index is 13.0. The number of thioether (sulfide) groups is 1. The van der Waals surface area contributed by atoms with E-state index in [2.05, 4.69) is 15.5 Å². The molecular formula is C16H20N4O4S3. The zero-order valence-corrected chi connectivity index (χ0v) is 17.4. The molecule has 0 radical (unpaired) electrons. The number of anilines is 1. The SMILES string of the molecule is CCSc1nnc(NC(=O)[C@@H]2CCCN2S(=O)(=O)c2ccc(OC)cc2)s1. The molecule has 1 aromatic carbocycles. The summed E-state index contributed by atoms with van der Waals surface area (Å²) in [7, 11) is -2.26. The summed E-state index contributed by atoms with van der Waals surface area (Å²) < 4.78 is 33.0. The molecule has 1 aliphatic heterocycles. The van der Waals surface area contributed by atoms with Crippen LogP contribution in [-0.2, 0) is 14.8 Å². The predicted octanol–water partition coefficient (Wildman–Crippen LogP) is 2.45. The Labute approximate surface area is 166 Å². The van der Waals surface area contributed by atoms with Crippen LogP contribution >= 0.6 is 23.1 Å². The first kappa shape index (κ1) is 20.1. The van der Waals surface area contributed by atoms with Crippen LogP contribution in [0.25, 0.3) is 0 Å². The minimum Gasteiger partial charge on any atom is -0.497 e. The van der Waals surface area contributed by atoms with Gasteiger partial charge in [-0.25, -0.2) is 8.42 Å². The number of nitrogens with one attached hydrogen (secondary N) is 1. The lowest BCUT2D eigenvalue weighted by molar-refractivity contribution is -0.119. The van der Waals surface area contributed by atoms with E-state index in [1.807, 2.05) is 6.92 Å². The summed E-state index contributed by atoms with van der Waals surface area (Å²) in [5.41, 5.74) is 0. The number of amides is 1. The van der Waals surface area contributed by atoms with Gasteiger partial charge in [-0.1, -0.05) is 30.0 Å². The van der Waals surface area contributed by atoms with Crippen molar-refractivity contribution in [2.45, 2.75) is 35.0 Å². The van der Waals surface area contributed by atoms with Gasteiger partial charge in [-0.15, -0.1) is 10.2 Å². The molecule has 146 valence electrons. The Balaban J connectivity index is 1.75. The van der Waals surface area contributed by atoms with Gasteiger partial charge >= 0.3 is 0 Å². The fraction of sp³-hybridized carbons (Fsp3) is 0.438. The maximum absolute atomic E-state index is 13.0. The van der Waals surface area contributed by atoms with Crippen molar-refractivity contribution in [2.24, 2.45) is 0 Å². The number of sulfonamides is 1. The van der Waals surface area contributed by atoms with Gasteiger partial charge in [0.25, 0.3) is 0 Å². The zero-order valence-electron chi connectivity index (χ0n) is 14.9. The van der Waals surface area contributed by atoms with Crippen LogP contribution in [0, 0.1) is 0 Å². The summed E-state index contributed by atoms with van der Waals surface area (Å²) in [6, 6.07) is 5.39. The number of nitrogens with zero attached hydrogens (tertiary/aromatic N) is 3. The molecule has 1 fully saturated rings. The van der Waals surface area contributed by atoms with Crippen molar-refractivity contribution >= 4 is 44.2 Å². The average Bonchev–Trinajstić information content (AvgIpc) is 3.32. The van der Waals surface area contributed by atoms with E-state index in [0.717, 1.165) is 10.1 Å². The lowest BCUT2D eigenvalue weighted by Gasteiger charge is -2.23. The lowest BCUT2D eigenvalue weighted by atomic mass is 10.2. The largest absolute Gasteiger partial charge is 0.497 e. The average molecular weight is 429 g/mol. The highest BCUT2D eigenvalue weighted by Gasteiger charge is 2.39. The Bertz CT molecular complexity index is 899. The molecule has 1 saturated heterocycles. The normalized spacial score (nSPS) is 17.8. The minimum atomic E-state index is -3.77. The van der Waals surface area contributed by atoms with Gasteiger partial charge in [-0.05, 0) is 42.9 Å². The van der Waals surface area contributed by atoms with Crippen molar-refractivity contribution in [3.63, 3.8) is 0 Å². The smallest absolute Gasteiger partial charge is 0.244 e. The third-order valence-electron chi connectivity index (χ3n) is 4.08. The second-order valence-corrected chi connectivity index (χ2v) is 10.1. The van der Waals surface area contributed by atoms with Crippen molar-refractivity contribution in [2.75, 3.05) is 24.7 Å². The molecule has 2 heterocycles. The molecule has 0 aliphatic carbocycles. The number of ether oxygens (including phenoxy) is 1. The molecule has 0 bridgehead atoms. The molecule has 1 atom stereocenters. The first-order valence-corrected chi connectivity index (χ1v) is 11.6. The third kappa shape index (κ3) is 4.42. The standard InChI is InChI=1S/C16H20N4O4S3/c1-3-25-16-19-18-15(26-16)17-14(21)13-5-4-10-20(13)27(22,23)12-8-6-11(24-2)7-9-12/h6-9,13H,3-5,10H2,1-2H3,(H,17,18,21)/t13-/m0/s1. The fourth-order valence-corrected chi connectivity index (χ4v) is 6.11. The van der Waals surface area contributed by atoms with Gasteiger partial charge in [-0.2, -0.15) is 4.31 Å². The number of carbonyl (C=O) groups is 1. The molecule has 3 rings (SSSR count). The van der Waals surface area contributed by atoms with Gasteiger partial charge in [-0.3, -0.25) is 10.1 Å². The van der Waals surface area contributed by atoms with E-state index in [9.17, 15) is 13.2 Å². The third-order valence-corrected chi connectivity index (χ3v) is 7.85. The summed E-state index contributed by atoms with van der Waals surface area (Å²) in [6.45, 7) is 2.31. The number of methoxy groups -OCH3 is 1. The van der Waals surface area contributed by atoms with Gasteiger partial charge in [0.15, 0.2) is 4.34 Å². The number of hydrogen-bond acceptors (Lipinski definition) is 8. The molecular weight excluding hydrogens is 408 g/mol. The van der Waals surface area contributed by atoms with Crippen molar-refractivity contribution in [3.05, 3.63) is 24.3 Å². The van der Waals surface area contributed by atoms with Crippen molar-refractivity contribution in [1.29, 1.82) is 0 Å². The zero-order chi connectivity index (χ0) is 19.4. The van der Waals surface area contributed by atoms with Gasteiger partial charge in [0.1, 0.15) is 11.8 Å². The van der Waals surface area contributed by atoms with Crippen LogP contribution in [0.15, 0.2) is 33.5 Å². The summed E-state index contributed by atoms with van der Waals surface area (Å²) in [5, 5.41) is 11.0. The van der Waals surface area contributed by atoms with Gasteiger partial charge in [0, 0.05) is 6.54 Å². The maximum Gasteiger partial charge on any atom is 0.244 e. The Morgan fingerprint density at radius 2 is 2.11 bits per heavy atom. The molecule has 8 nitrogen and oxygen atoms in total.